The number of methoxy groups -OCH3 is 1. The monoisotopic (exact) mass is 252 g/mol. The number of nitrogens with zero attached hydrogens (tertiary/aromatic N) is 1. The lowest BCUT2D eigenvalue weighted by Crippen LogP contribution is -2.46. The van der Waals surface area contributed by atoms with E-state index in [4.69, 9.17) is 10.5 Å². The van der Waals surface area contributed by atoms with Gasteiger partial charge >= 0.3 is 6.03 Å². The quantitative estimate of drug-likeness (QED) is 0.670. The van der Waals surface area contributed by atoms with E-state index in [1.165, 1.54) is 7.11 Å². The molecule has 4 N–H and O–H groups in total. The molecule has 0 bridgehead atoms. The van der Waals surface area contributed by atoms with E-state index in [1.54, 1.807) is 19.2 Å². The third kappa shape index (κ3) is 4.38. The molecule has 0 spiro atoms. The summed E-state index contributed by atoms with van der Waals surface area (Å²) in [5.41, 5.74) is 5.75. The maximum Gasteiger partial charge on any atom is 0.318 e. The fraction of sp³-hybridized carbons (Fsp3) is 0.364. The molecule has 1 unspecified atom stereocenters. The average molecular weight is 252 g/mol. The highest BCUT2D eigenvalue weighted by atomic mass is 16.5. The number of hydrogen-bond acceptors (Lipinski definition) is 5. The Bertz CT molecular complexity index is 419. The van der Waals surface area contributed by atoms with Gasteiger partial charge in [0.1, 0.15) is 0 Å². The molecular weight excluding hydrogens is 236 g/mol. The first-order valence-electron chi connectivity index (χ1n) is 5.35. The molecule has 18 heavy (non-hydrogen) atoms. The molecule has 7 nitrogen and oxygen atoms in total. The lowest BCUT2D eigenvalue weighted by Gasteiger charge is -2.12. The number of carbonyl (C=O) groups excluding carboxylic acids is 2. The number of nitrogens with one attached hydrogen (secondary N) is 2. The molecule has 1 rings (SSSR count). The van der Waals surface area contributed by atoms with Gasteiger partial charge in [0.05, 0.1) is 13.2 Å². The normalized spacial score (nSPS) is 11.7. The van der Waals surface area contributed by atoms with E-state index >= 15 is 0 Å². The minimum absolute atomic E-state index is 0.449. The second-order valence-corrected chi connectivity index (χ2v) is 3.66. The topological polar surface area (TPSA) is 106 Å². The van der Waals surface area contributed by atoms with Gasteiger partial charge in [-0.3, -0.25) is 10.1 Å². The van der Waals surface area contributed by atoms with Gasteiger partial charge in [0.2, 0.25) is 11.8 Å². The lowest BCUT2D eigenvalue weighted by atomic mass is 10.2. The van der Waals surface area contributed by atoms with E-state index in [-0.39, 0.29) is 0 Å². The van der Waals surface area contributed by atoms with Crippen molar-refractivity contribution in [1.82, 2.24) is 15.6 Å². The summed E-state index contributed by atoms with van der Waals surface area (Å²) in [6, 6.07) is 2.17. The largest absolute Gasteiger partial charge is 0.481 e. The van der Waals surface area contributed by atoms with E-state index in [9.17, 15) is 9.59 Å². The van der Waals surface area contributed by atoms with Gasteiger partial charge in [-0.1, -0.05) is 6.07 Å². The highest BCUT2D eigenvalue weighted by molar-refractivity contribution is 5.96. The Kier molecular flexibility index (Phi) is 5.06. The zero-order valence-electron chi connectivity index (χ0n) is 10.3. The van der Waals surface area contributed by atoms with E-state index in [0.717, 1.165) is 5.56 Å². The summed E-state index contributed by atoms with van der Waals surface area (Å²) in [6.07, 6.45) is 1.64. The van der Waals surface area contributed by atoms with Crippen molar-refractivity contribution in [3.63, 3.8) is 0 Å². The maximum absolute atomic E-state index is 11.4. The zero-order chi connectivity index (χ0) is 13.5. The summed E-state index contributed by atoms with van der Waals surface area (Å²) in [5.74, 6) is 0.0576. The lowest BCUT2D eigenvalue weighted by molar-refractivity contribution is -0.121. The molecule has 0 aliphatic rings. The van der Waals surface area contributed by atoms with Crippen LogP contribution in [0.3, 0.4) is 0 Å². The van der Waals surface area contributed by atoms with Crippen LogP contribution in [0.25, 0.3) is 0 Å². The van der Waals surface area contributed by atoms with Crippen LogP contribution in [0.5, 0.6) is 5.88 Å². The number of amides is 3. The van der Waals surface area contributed by atoms with Crippen LogP contribution < -0.4 is 21.1 Å². The van der Waals surface area contributed by atoms with Crippen molar-refractivity contribution in [2.45, 2.75) is 19.5 Å². The van der Waals surface area contributed by atoms with Crippen LogP contribution in [0.15, 0.2) is 18.3 Å². The van der Waals surface area contributed by atoms with Crippen LogP contribution in [0, 0.1) is 0 Å². The van der Waals surface area contributed by atoms with Gasteiger partial charge in [0.15, 0.2) is 0 Å². The van der Waals surface area contributed by atoms with Crippen molar-refractivity contribution in [3.05, 3.63) is 23.9 Å². The molecule has 1 aromatic rings. The molecule has 0 aromatic carbocycles. The van der Waals surface area contributed by atoms with Crippen molar-refractivity contribution in [2.24, 2.45) is 5.73 Å². The predicted molar refractivity (Wildman–Crippen MR) is 64.8 cm³/mol. The molecule has 1 heterocycles. The zero-order valence-corrected chi connectivity index (χ0v) is 10.3. The minimum Gasteiger partial charge on any atom is -0.481 e. The molecule has 0 aliphatic heterocycles. The Balaban J connectivity index is 2.43. The molecule has 3 amide bonds. The first-order chi connectivity index (χ1) is 8.52. The molecule has 0 fully saturated rings. The van der Waals surface area contributed by atoms with Gasteiger partial charge < -0.3 is 15.8 Å². The summed E-state index contributed by atoms with van der Waals surface area (Å²) in [4.78, 5) is 25.9. The number of nitrogens with two attached hydrogens (primary N) is 1. The van der Waals surface area contributed by atoms with E-state index in [0.29, 0.717) is 12.4 Å². The average Bonchev–Trinajstić information content (AvgIpc) is 2.35. The number of urea groups is 1. The first kappa shape index (κ1) is 13.9. The number of carbonyl (C=O) groups is 2. The van der Waals surface area contributed by atoms with Crippen LogP contribution in [0.1, 0.15) is 12.5 Å². The van der Waals surface area contributed by atoms with Crippen molar-refractivity contribution < 1.29 is 14.3 Å². The van der Waals surface area contributed by atoms with Crippen molar-refractivity contribution in [1.29, 1.82) is 0 Å². The predicted octanol–water partition coefficient (Wildman–Crippen LogP) is -0.237. The Labute approximate surface area is 105 Å². The Morgan fingerprint density at radius 3 is 2.72 bits per heavy atom. The molecule has 98 valence electrons. The Hall–Kier alpha value is -2.15. The fourth-order valence-corrected chi connectivity index (χ4v) is 1.23. The van der Waals surface area contributed by atoms with E-state index in [1.807, 2.05) is 11.4 Å². The van der Waals surface area contributed by atoms with Gasteiger partial charge in [-0.25, -0.2) is 9.78 Å². The Morgan fingerprint density at radius 1 is 1.50 bits per heavy atom. The second-order valence-electron chi connectivity index (χ2n) is 3.66. The number of ether oxygens (including phenoxy) is 1. The number of primary amides is 1. The number of aromatic nitrogens is 1. The van der Waals surface area contributed by atoms with E-state index in [2.05, 4.69) is 10.3 Å². The third-order valence-corrected chi connectivity index (χ3v) is 2.26. The molecule has 1 atom stereocenters. The van der Waals surface area contributed by atoms with Gasteiger partial charge in [-0.05, 0) is 12.5 Å². The summed E-state index contributed by atoms with van der Waals surface area (Å²) in [5, 5.41) is 4.94. The van der Waals surface area contributed by atoms with Crippen LogP contribution in [0.4, 0.5) is 4.79 Å². The molecular formula is C11H16N4O3. The molecule has 7 heteroatoms. The van der Waals surface area contributed by atoms with Gasteiger partial charge in [0, 0.05) is 18.8 Å². The fourth-order valence-electron chi connectivity index (χ4n) is 1.23. The summed E-state index contributed by atoms with van der Waals surface area (Å²) >= 11 is 0. The van der Waals surface area contributed by atoms with Crippen LogP contribution >= 0.6 is 0 Å². The van der Waals surface area contributed by atoms with Crippen molar-refractivity contribution >= 4 is 11.9 Å². The molecule has 0 radical (unpaired) electrons. The standard InChI is InChI=1S/C11H16N4O3/c1-7(10(16)15-11(12)17)13-5-8-3-4-9(18-2)14-6-8/h3-4,6-7,13H,5H2,1-2H3,(H3,12,15,16,17). The number of hydrogen-bond donors (Lipinski definition) is 3. The SMILES string of the molecule is COc1ccc(CNC(C)C(=O)NC(N)=O)cn1. The summed E-state index contributed by atoms with van der Waals surface area (Å²) in [7, 11) is 1.54. The highest BCUT2D eigenvalue weighted by Crippen LogP contribution is 2.06. The molecule has 1 aromatic heterocycles. The van der Waals surface area contributed by atoms with Gasteiger partial charge in [-0.15, -0.1) is 0 Å². The third-order valence-electron chi connectivity index (χ3n) is 2.26. The van der Waals surface area contributed by atoms with E-state index < -0.39 is 18.0 Å². The van der Waals surface area contributed by atoms with Crippen LogP contribution in [-0.2, 0) is 11.3 Å². The molecule has 0 saturated heterocycles. The molecule has 0 saturated carbocycles. The smallest absolute Gasteiger partial charge is 0.318 e. The van der Waals surface area contributed by atoms with Crippen molar-refractivity contribution in [3.8, 4) is 5.88 Å². The number of rotatable bonds is 5. The van der Waals surface area contributed by atoms with Crippen molar-refractivity contribution in [2.75, 3.05) is 7.11 Å². The Morgan fingerprint density at radius 2 is 2.22 bits per heavy atom. The maximum atomic E-state index is 11.4. The van der Waals surface area contributed by atoms with Crippen LogP contribution in [0.2, 0.25) is 0 Å². The van der Waals surface area contributed by atoms with Gasteiger partial charge in [-0.2, -0.15) is 0 Å². The molecule has 0 aliphatic carbocycles. The second kappa shape index (κ2) is 6.55. The van der Waals surface area contributed by atoms with Gasteiger partial charge in [0.25, 0.3) is 0 Å². The summed E-state index contributed by atoms with van der Waals surface area (Å²) < 4.78 is 4.93. The summed E-state index contributed by atoms with van der Waals surface area (Å²) in [6.45, 7) is 2.08. The highest BCUT2D eigenvalue weighted by Gasteiger charge is 2.13. The number of imide groups is 1. The minimum atomic E-state index is -0.861. The van der Waals surface area contributed by atoms with Crippen LogP contribution in [-0.4, -0.2) is 30.1 Å². The first-order valence-corrected chi connectivity index (χ1v) is 5.35. The number of pyridine rings is 1.